The van der Waals surface area contributed by atoms with E-state index in [0.717, 1.165) is 6.07 Å². The van der Waals surface area contributed by atoms with E-state index in [1.165, 1.54) is 6.07 Å². The predicted molar refractivity (Wildman–Crippen MR) is 45.5 cm³/mol. The SMILES string of the molecule is Cc1ccc(CC#N)c(C(F)(F)F)c1. The summed E-state index contributed by atoms with van der Waals surface area (Å²) in [5.41, 5.74) is -0.135. The van der Waals surface area contributed by atoms with Gasteiger partial charge in [0, 0.05) is 0 Å². The van der Waals surface area contributed by atoms with Crippen LogP contribution in [0.3, 0.4) is 0 Å². The second-order valence-electron chi connectivity index (χ2n) is 2.99. The van der Waals surface area contributed by atoms with E-state index in [1.54, 1.807) is 19.1 Å². The molecule has 14 heavy (non-hydrogen) atoms. The second-order valence-corrected chi connectivity index (χ2v) is 2.99. The van der Waals surface area contributed by atoms with Crippen molar-refractivity contribution in [2.75, 3.05) is 0 Å². The van der Waals surface area contributed by atoms with Crippen LogP contribution >= 0.6 is 0 Å². The maximum absolute atomic E-state index is 12.4. The molecule has 1 rings (SSSR count). The van der Waals surface area contributed by atoms with Crippen LogP contribution in [-0.4, -0.2) is 0 Å². The van der Waals surface area contributed by atoms with Crippen LogP contribution in [0.15, 0.2) is 18.2 Å². The lowest BCUT2D eigenvalue weighted by atomic mass is 10.0. The fraction of sp³-hybridized carbons (Fsp3) is 0.300. The smallest absolute Gasteiger partial charge is 0.198 e. The molecule has 0 amide bonds. The fourth-order valence-corrected chi connectivity index (χ4v) is 1.19. The molecule has 1 nitrogen and oxygen atoms in total. The molecule has 0 saturated heterocycles. The molecule has 0 aliphatic carbocycles. The number of rotatable bonds is 1. The Kier molecular flexibility index (Phi) is 2.80. The zero-order valence-corrected chi connectivity index (χ0v) is 7.52. The first-order valence-electron chi connectivity index (χ1n) is 3.99. The minimum atomic E-state index is -4.38. The number of halogens is 3. The Morgan fingerprint density at radius 2 is 2.00 bits per heavy atom. The lowest BCUT2D eigenvalue weighted by molar-refractivity contribution is -0.138. The van der Waals surface area contributed by atoms with E-state index in [4.69, 9.17) is 5.26 Å². The third kappa shape index (κ3) is 2.25. The van der Waals surface area contributed by atoms with Gasteiger partial charge in [-0.2, -0.15) is 18.4 Å². The van der Waals surface area contributed by atoms with Gasteiger partial charge in [0.05, 0.1) is 18.1 Å². The van der Waals surface area contributed by atoms with Gasteiger partial charge in [0.25, 0.3) is 0 Å². The number of hydrogen-bond acceptors (Lipinski definition) is 1. The van der Waals surface area contributed by atoms with E-state index in [0.29, 0.717) is 5.56 Å². The van der Waals surface area contributed by atoms with Gasteiger partial charge >= 0.3 is 6.18 Å². The van der Waals surface area contributed by atoms with Crippen molar-refractivity contribution in [3.05, 3.63) is 34.9 Å². The summed E-state index contributed by atoms with van der Waals surface area (Å²) < 4.78 is 37.3. The average Bonchev–Trinajstić information content (AvgIpc) is 2.07. The first-order chi connectivity index (χ1) is 6.45. The summed E-state index contributed by atoms with van der Waals surface area (Å²) >= 11 is 0. The van der Waals surface area contributed by atoms with Gasteiger partial charge in [-0.05, 0) is 18.6 Å². The number of aryl methyl sites for hydroxylation is 1. The number of benzene rings is 1. The van der Waals surface area contributed by atoms with Crippen molar-refractivity contribution in [1.82, 2.24) is 0 Å². The van der Waals surface area contributed by atoms with Crippen LogP contribution in [0.1, 0.15) is 16.7 Å². The Labute approximate surface area is 79.8 Å². The first-order valence-corrected chi connectivity index (χ1v) is 3.99. The third-order valence-electron chi connectivity index (χ3n) is 1.84. The van der Waals surface area contributed by atoms with Crippen LogP contribution in [0, 0.1) is 18.3 Å². The van der Waals surface area contributed by atoms with Gasteiger partial charge in [-0.15, -0.1) is 0 Å². The molecule has 1 aromatic carbocycles. The topological polar surface area (TPSA) is 23.8 Å². The van der Waals surface area contributed by atoms with Crippen LogP contribution in [0.2, 0.25) is 0 Å². The quantitative estimate of drug-likeness (QED) is 0.681. The van der Waals surface area contributed by atoms with Gasteiger partial charge in [0.2, 0.25) is 0 Å². The molecule has 0 aliphatic heterocycles. The van der Waals surface area contributed by atoms with Crippen LogP contribution in [-0.2, 0) is 12.6 Å². The summed E-state index contributed by atoms with van der Waals surface area (Å²) in [4.78, 5) is 0. The summed E-state index contributed by atoms with van der Waals surface area (Å²) in [6.45, 7) is 1.59. The van der Waals surface area contributed by atoms with Crippen molar-refractivity contribution in [2.24, 2.45) is 0 Å². The van der Waals surface area contributed by atoms with E-state index in [2.05, 4.69) is 0 Å². The summed E-state index contributed by atoms with van der Waals surface area (Å²) in [7, 11) is 0. The zero-order valence-electron chi connectivity index (χ0n) is 7.52. The normalized spacial score (nSPS) is 11.1. The highest BCUT2D eigenvalue weighted by atomic mass is 19.4. The molecule has 0 aromatic heterocycles. The molecule has 0 fully saturated rings. The van der Waals surface area contributed by atoms with Crippen molar-refractivity contribution in [1.29, 1.82) is 5.26 Å². The van der Waals surface area contributed by atoms with E-state index in [1.807, 2.05) is 0 Å². The van der Waals surface area contributed by atoms with Gasteiger partial charge in [-0.3, -0.25) is 0 Å². The monoisotopic (exact) mass is 199 g/mol. The minimum absolute atomic E-state index is 0.0330. The summed E-state index contributed by atoms with van der Waals surface area (Å²) in [5.74, 6) is 0. The second kappa shape index (κ2) is 3.70. The lowest BCUT2D eigenvalue weighted by Gasteiger charge is -2.11. The lowest BCUT2D eigenvalue weighted by Crippen LogP contribution is -2.09. The average molecular weight is 199 g/mol. The van der Waals surface area contributed by atoms with E-state index in [-0.39, 0.29) is 12.0 Å². The Hall–Kier alpha value is -1.50. The van der Waals surface area contributed by atoms with Crippen LogP contribution in [0.4, 0.5) is 13.2 Å². The molecule has 4 heteroatoms. The fourth-order valence-electron chi connectivity index (χ4n) is 1.19. The third-order valence-corrected chi connectivity index (χ3v) is 1.84. The number of hydrogen-bond donors (Lipinski definition) is 0. The van der Waals surface area contributed by atoms with E-state index in [9.17, 15) is 13.2 Å². The van der Waals surface area contributed by atoms with Crippen LogP contribution in [0.5, 0.6) is 0 Å². The molecule has 74 valence electrons. The van der Waals surface area contributed by atoms with Crippen molar-refractivity contribution in [3.63, 3.8) is 0 Å². The molecule has 0 bridgehead atoms. The van der Waals surface area contributed by atoms with Gasteiger partial charge in [0.15, 0.2) is 0 Å². The van der Waals surface area contributed by atoms with Crippen molar-refractivity contribution >= 4 is 0 Å². The molecule has 0 unspecified atom stereocenters. The van der Waals surface area contributed by atoms with E-state index < -0.39 is 11.7 Å². The molecule has 0 N–H and O–H groups in total. The maximum atomic E-state index is 12.4. The molecule has 0 atom stereocenters. The molecule has 1 aromatic rings. The van der Waals surface area contributed by atoms with Crippen LogP contribution < -0.4 is 0 Å². The Bertz CT molecular complexity index is 374. The highest BCUT2D eigenvalue weighted by molar-refractivity contribution is 5.35. The van der Waals surface area contributed by atoms with Gasteiger partial charge in [0.1, 0.15) is 0 Å². The Balaban J connectivity index is 3.24. The van der Waals surface area contributed by atoms with E-state index >= 15 is 0 Å². The Morgan fingerprint density at radius 3 is 2.50 bits per heavy atom. The summed E-state index contributed by atoms with van der Waals surface area (Å²) in [6, 6.07) is 5.70. The number of alkyl halides is 3. The van der Waals surface area contributed by atoms with Crippen molar-refractivity contribution in [3.8, 4) is 6.07 Å². The maximum Gasteiger partial charge on any atom is 0.416 e. The minimum Gasteiger partial charge on any atom is -0.198 e. The molecule has 0 radical (unpaired) electrons. The highest BCUT2D eigenvalue weighted by Crippen LogP contribution is 2.32. The molecule has 0 saturated carbocycles. The summed E-state index contributed by atoms with van der Waals surface area (Å²) in [6.07, 6.45) is -4.59. The van der Waals surface area contributed by atoms with Crippen molar-refractivity contribution < 1.29 is 13.2 Å². The molecular weight excluding hydrogens is 191 g/mol. The van der Waals surface area contributed by atoms with Gasteiger partial charge in [-0.1, -0.05) is 17.7 Å². The molecule has 0 spiro atoms. The standard InChI is InChI=1S/C10H8F3N/c1-7-2-3-8(4-5-14)9(6-7)10(11,12)13/h2-3,6H,4H2,1H3. The zero-order chi connectivity index (χ0) is 10.8. The molecule has 0 aliphatic rings. The molecular formula is C10H8F3N. The molecule has 0 heterocycles. The Morgan fingerprint density at radius 1 is 1.36 bits per heavy atom. The first kappa shape index (κ1) is 10.6. The van der Waals surface area contributed by atoms with Gasteiger partial charge in [-0.25, -0.2) is 0 Å². The van der Waals surface area contributed by atoms with Gasteiger partial charge < -0.3 is 0 Å². The predicted octanol–water partition coefficient (Wildman–Crippen LogP) is 3.08. The van der Waals surface area contributed by atoms with Crippen molar-refractivity contribution in [2.45, 2.75) is 19.5 Å². The number of nitrogens with zero attached hydrogens (tertiary/aromatic N) is 1. The number of nitriles is 1. The highest BCUT2D eigenvalue weighted by Gasteiger charge is 2.33. The van der Waals surface area contributed by atoms with Crippen LogP contribution in [0.25, 0.3) is 0 Å². The summed E-state index contributed by atoms with van der Waals surface area (Å²) in [5, 5.41) is 8.36. The largest absolute Gasteiger partial charge is 0.416 e.